The molecule has 3 heteroatoms. The topological polar surface area (TPSA) is 12.0 Å². The first kappa shape index (κ1) is 11.6. The van der Waals surface area contributed by atoms with Crippen molar-refractivity contribution in [2.45, 2.75) is 36.2 Å². The molecule has 2 aliphatic rings. The van der Waals surface area contributed by atoms with E-state index in [1.807, 2.05) is 17.8 Å². The molecule has 1 atom stereocenters. The summed E-state index contributed by atoms with van der Waals surface area (Å²) in [4.78, 5) is 1.39. The molecule has 1 unspecified atom stereocenters. The van der Waals surface area contributed by atoms with E-state index in [2.05, 4.69) is 29.6 Å². The molecule has 1 aromatic rings. The quantitative estimate of drug-likeness (QED) is 0.805. The van der Waals surface area contributed by atoms with Gasteiger partial charge in [-0.2, -0.15) is 0 Å². The van der Waals surface area contributed by atoms with E-state index in [-0.39, 0.29) is 0 Å². The zero-order valence-corrected chi connectivity index (χ0v) is 11.2. The van der Waals surface area contributed by atoms with Crippen LogP contribution in [0.1, 0.15) is 30.9 Å². The molecule has 0 aromatic heterocycles. The first-order valence-corrected chi connectivity index (χ1v) is 7.52. The Hall–Kier alpha value is -0.440. The van der Waals surface area contributed by atoms with E-state index < -0.39 is 0 Å². The number of nitrogens with one attached hydrogen (secondary N) is 1. The van der Waals surface area contributed by atoms with Gasteiger partial charge in [-0.25, -0.2) is 0 Å². The second-order valence-corrected chi connectivity index (χ2v) is 6.25. The van der Waals surface area contributed by atoms with Crippen LogP contribution in [0.5, 0.6) is 0 Å². The molecule has 0 spiro atoms. The van der Waals surface area contributed by atoms with E-state index in [1.165, 1.54) is 35.5 Å². The number of halogens is 1. The van der Waals surface area contributed by atoms with Crippen LogP contribution in [0.15, 0.2) is 35.2 Å². The highest BCUT2D eigenvalue weighted by molar-refractivity contribution is 7.99. The maximum absolute atomic E-state index is 6.11. The van der Waals surface area contributed by atoms with Crippen LogP contribution in [0, 0.1) is 0 Å². The van der Waals surface area contributed by atoms with Gasteiger partial charge in [0.05, 0.1) is 0 Å². The SMILES string of the molecule is Clc1ccc2c(c1)C(NC1CC=CC1)CCS2. The molecule has 90 valence electrons. The van der Waals surface area contributed by atoms with Crippen LogP contribution in [0.2, 0.25) is 5.02 Å². The minimum absolute atomic E-state index is 0.481. The molecular weight excluding hydrogens is 250 g/mol. The molecule has 1 N–H and O–H groups in total. The predicted octanol–water partition coefficient (Wildman–Crippen LogP) is 4.19. The van der Waals surface area contributed by atoms with Crippen molar-refractivity contribution in [2.24, 2.45) is 0 Å². The monoisotopic (exact) mass is 265 g/mol. The third kappa shape index (κ3) is 2.54. The summed E-state index contributed by atoms with van der Waals surface area (Å²) in [5.74, 6) is 1.20. The van der Waals surface area contributed by atoms with Crippen LogP contribution < -0.4 is 5.32 Å². The van der Waals surface area contributed by atoms with Crippen molar-refractivity contribution in [2.75, 3.05) is 5.75 Å². The van der Waals surface area contributed by atoms with Crippen molar-refractivity contribution in [3.05, 3.63) is 40.9 Å². The van der Waals surface area contributed by atoms with E-state index >= 15 is 0 Å². The van der Waals surface area contributed by atoms with Crippen molar-refractivity contribution in [3.8, 4) is 0 Å². The van der Waals surface area contributed by atoms with Gasteiger partial charge >= 0.3 is 0 Å². The van der Waals surface area contributed by atoms with E-state index in [1.54, 1.807) is 0 Å². The smallest absolute Gasteiger partial charge is 0.0410 e. The van der Waals surface area contributed by atoms with Gasteiger partial charge in [0.1, 0.15) is 0 Å². The van der Waals surface area contributed by atoms with E-state index in [0.717, 1.165) is 5.02 Å². The summed E-state index contributed by atoms with van der Waals surface area (Å²) >= 11 is 8.05. The Morgan fingerprint density at radius 2 is 2.06 bits per heavy atom. The van der Waals surface area contributed by atoms with Crippen LogP contribution >= 0.6 is 23.4 Å². The fourth-order valence-corrected chi connectivity index (χ4v) is 3.86. The Morgan fingerprint density at radius 3 is 2.88 bits per heavy atom. The molecule has 0 saturated heterocycles. The normalized spacial score (nSPS) is 23.9. The van der Waals surface area contributed by atoms with Gasteiger partial charge in [-0.3, -0.25) is 0 Å². The summed E-state index contributed by atoms with van der Waals surface area (Å²) in [6, 6.07) is 7.38. The molecule has 0 fully saturated rings. The largest absolute Gasteiger partial charge is 0.306 e. The van der Waals surface area contributed by atoms with Crippen LogP contribution in [-0.2, 0) is 0 Å². The Labute approximate surface area is 112 Å². The van der Waals surface area contributed by atoms with Gasteiger partial charge in [0.25, 0.3) is 0 Å². The summed E-state index contributed by atoms with van der Waals surface area (Å²) in [5.41, 5.74) is 1.39. The van der Waals surface area contributed by atoms with Crippen molar-refractivity contribution in [1.29, 1.82) is 0 Å². The van der Waals surface area contributed by atoms with Gasteiger partial charge in [-0.15, -0.1) is 11.8 Å². The molecule has 0 amide bonds. The van der Waals surface area contributed by atoms with Crippen molar-refractivity contribution >= 4 is 23.4 Å². The first-order chi connectivity index (χ1) is 8.33. The van der Waals surface area contributed by atoms with Crippen molar-refractivity contribution < 1.29 is 0 Å². The lowest BCUT2D eigenvalue weighted by molar-refractivity contribution is 0.433. The number of hydrogen-bond donors (Lipinski definition) is 1. The Kier molecular flexibility index (Phi) is 3.46. The molecule has 0 bridgehead atoms. The van der Waals surface area contributed by atoms with E-state index in [0.29, 0.717) is 12.1 Å². The average molecular weight is 266 g/mol. The molecule has 0 saturated carbocycles. The summed E-state index contributed by atoms with van der Waals surface area (Å²) in [7, 11) is 0. The van der Waals surface area contributed by atoms with Crippen molar-refractivity contribution in [1.82, 2.24) is 5.32 Å². The Balaban J connectivity index is 1.80. The second kappa shape index (κ2) is 5.05. The predicted molar refractivity (Wildman–Crippen MR) is 74.8 cm³/mol. The highest BCUT2D eigenvalue weighted by atomic mass is 35.5. The molecule has 1 heterocycles. The summed E-state index contributed by atoms with van der Waals surface area (Å²) < 4.78 is 0. The maximum atomic E-state index is 6.11. The highest BCUT2D eigenvalue weighted by Crippen LogP contribution is 2.38. The zero-order chi connectivity index (χ0) is 11.7. The van der Waals surface area contributed by atoms with Crippen molar-refractivity contribution in [3.63, 3.8) is 0 Å². The molecule has 0 radical (unpaired) electrons. The summed E-state index contributed by atoms with van der Waals surface area (Å²) in [6.45, 7) is 0. The maximum Gasteiger partial charge on any atom is 0.0410 e. The lowest BCUT2D eigenvalue weighted by Crippen LogP contribution is -2.32. The fraction of sp³-hybridized carbons (Fsp3) is 0.429. The molecule has 1 nitrogen and oxygen atoms in total. The minimum Gasteiger partial charge on any atom is -0.306 e. The highest BCUT2D eigenvalue weighted by Gasteiger charge is 2.23. The Morgan fingerprint density at radius 1 is 1.24 bits per heavy atom. The zero-order valence-electron chi connectivity index (χ0n) is 9.66. The minimum atomic E-state index is 0.481. The molecule has 1 aliphatic carbocycles. The van der Waals surface area contributed by atoms with Crippen LogP contribution in [0.25, 0.3) is 0 Å². The number of fused-ring (bicyclic) bond motifs is 1. The number of rotatable bonds is 2. The van der Waals surface area contributed by atoms with Crippen LogP contribution in [0.4, 0.5) is 0 Å². The standard InChI is InChI=1S/C14H16ClNS/c15-10-5-6-14-12(9-10)13(7-8-17-14)16-11-3-1-2-4-11/h1-2,5-6,9,11,13,16H,3-4,7-8H2. The number of benzene rings is 1. The number of hydrogen-bond acceptors (Lipinski definition) is 2. The summed E-state index contributed by atoms with van der Waals surface area (Å²) in [6.07, 6.45) is 8.08. The van der Waals surface area contributed by atoms with E-state index in [4.69, 9.17) is 11.6 Å². The van der Waals surface area contributed by atoms with E-state index in [9.17, 15) is 0 Å². The lowest BCUT2D eigenvalue weighted by atomic mass is 10.0. The van der Waals surface area contributed by atoms with Gasteiger partial charge in [0.2, 0.25) is 0 Å². The molecule has 1 aromatic carbocycles. The summed E-state index contributed by atoms with van der Waals surface area (Å²) in [5, 5.41) is 4.62. The molecular formula is C14H16ClNS. The molecule has 1 aliphatic heterocycles. The van der Waals surface area contributed by atoms with Gasteiger partial charge in [0, 0.05) is 22.0 Å². The van der Waals surface area contributed by atoms with Crippen LogP contribution in [-0.4, -0.2) is 11.8 Å². The first-order valence-electron chi connectivity index (χ1n) is 6.16. The third-order valence-corrected chi connectivity index (χ3v) is 4.81. The molecule has 17 heavy (non-hydrogen) atoms. The fourth-order valence-electron chi connectivity index (χ4n) is 2.58. The lowest BCUT2D eigenvalue weighted by Gasteiger charge is -2.29. The number of thioether (sulfide) groups is 1. The average Bonchev–Trinajstić information content (AvgIpc) is 2.83. The van der Waals surface area contributed by atoms with Crippen LogP contribution in [0.3, 0.4) is 0 Å². The van der Waals surface area contributed by atoms with Gasteiger partial charge in [-0.1, -0.05) is 23.8 Å². The van der Waals surface area contributed by atoms with Gasteiger partial charge in [0.15, 0.2) is 0 Å². The van der Waals surface area contributed by atoms with Gasteiger partial charge in [-0.05, 0) is 48.8 Å². The Bertz CT molecular complexity index is 436. The second-order valence-electron chi connectivity index (χ2n) is 4.68. The van der Waals surface area contributed by atoms with Gasteiger partial charge < -0.3 is 5.32 Å². The third-order valence-electron chi connectivity index (χ3n) is 3.46. The molecule has 3 rings (SSSR count).